The van der Waals surface area contributed by atoms with Crippen LogP contribution in [-0.2, 0) is 6.18 Å². The molecule has 0 radical (unpaired) electrons. The highest BCUT2D eigenvalue weighted by Crippen LogP contribution is 2.37. The molecule has 0 saturated carbocycles. The maximum atomic E-state index is 12.7. The Kier molecular flexibility index (Phi) is 6.39. The molecular weight excluding hydrogens is 391 g/mol. The molecule has 1 aromatic carbocycles. The van der Waals surface area contributed by atoms with E-state index >= 15 is 0 Å². The quantitative estimate of drug-likeness (QED) is 0.781. The predicted octanol–water partition coefficient (Wildman–Crippen LogP) is 3.88. The fourth-order valence-corrected chi connectivity index (χ4v) is 5.37. The first-order chi connectivity index (χ1) is 14.3. The molecule has 4 aliphatic heterocycles. The first kappa shape index (κ1) is 21.6. The third-order valence-corrected chi connectivity index (χ3v) is 7.36. The second kappa shape index (κ2) is 8.87. The molecular formula is C23H32F3N3O. The van der Waals surface area contributed by atoms with Gasteiger partial charge >= 0.3 is 6.18 Å². The lowest BCUT2D eigenvalue weighted by molar-refractivity contribution is -0.137. The largest absolute Gasteiger partial charge is 0.416 e. The van der Waals surface area contributed by atoms with Crippen molar-refractivity contribution in [2.75, 3.05) is 39.3 Å². The van der Waals surface area contributed by atoms with Crippen LogP contribution >= 0.6 is 0 Å². The Balaban J connectivity index is 1.26. The van der Waals surface area contributed by atoms with E-state index in [1.807, 2.05) is 0 Å². The van der Waals surface area contributed by atoms with Gasteiger partial charge < -0.3 is 10.2 Å². The number of fused-ring (bicyclic) bond motifs is 3. The summed E-state index contributed by atoms with van der Waals surface area (Å²) in [6.45, 7) is 8.71. The predicted molar refractivity (Wildman–Crippen MR) is 110 cm³/mol. The number of alkyl halides is 3. The second-order valence-corrected chi connectivity index (χ2v) is 9.46. The molecule has 4 fully saturated rings. The number of piperidine rings is 4. The summed E-state index contributed by atoms with van der Waals surface area (Å²) in [5, 5.41) is 2.94. The summed E-state index contributed by atoms with van der Waals surface area (Å²) in [6.07, 6.45) is 0.562. The summed E-state index contributed by atoms with van der Waals surface area (Å²) in [4.78, 5) is 17.5. The van der Waals surface area contributed by atoms with Gasteiger partial charge in [-0.2, -0.15) is 13.2 Å². The molecule has 4 saturated heterocycles. The first-order valence-electron chi connectivity index (χ1n) is 11.2. The van der Waals surface area contributed by atoms with E-state index in [4.69, 9.17) is 0 Å². The number of benzene rings is 1. The maximum absolute atomic E-state index is 12.7. The van der Waals surface area contributed by atoms with E-state index in [2.05, 4.69) is 22.0 Å². The van der Waals surface area contributed by atoms with E-state index in [-0.39, 0.29) is 11.5 Å². The summed E-state index contributed by atoms with van der Waals surface area (Å²) < 4.78 is 38.1. The van der Waals surface area contributed by atoms with Crippen LogP contribution in [0.4, 0.5) is 13.2 Å². The highest BCUT2D eigenvalue weighted by atomic mass is 19.4. The summed E-state index contributed by atoms with van der Waals surface area (Å²) in [7, 11) is 0. The molecule has 0 aromatic heterocycles. The summed E-state index contributed by atoms with van der Waals surface area (Å²) in [5.74, 6) is 1.98. The fraction of sp³-hybridized carbons (Fsp3) is 0.696. The monoisotopic (exact) mass is 423 g/mol. The van der Waals surface area contributed by atoms with Crippen molar-refractivity contribution in [3.63, 3.8) is 0 Å². The Morgan fingerprint density at radius 2 is 1.80 bits per heavy atom. The van der Waals surface area contributed by atoms with Gasteiger partial charge in [-0.25, -0.2) is 0 Å². The first-order valence-corrected chi connectivity index (χ1v) is 11.2. The Hall–Kier alpha value is -1.60. The lowest BCUT2D eigenvalue weighted by Gasteiger charge is -2.51. The smallest absolute Gasteiger partial charge is 0.350 e. The van der Waals surface area contributed by atoms with Gasteiger partial charge in [0.25, 0.3) is 5.91 Å². The van der Waals surface area contributed by atoms with Gasteiger partial charge in [0, 0.05) is 31.2 Å². The number of carbonyl (C=O) groups is 1. The number of hydrogen-bond acceptors (Lipinski definition) is 3. The van der Waals surface area contributed by atoms with Gasteiger partial charge in [-0.1, -0.05) is 6.92 Å². The van der Waals surface area contributed by atoms with Crippen LogP contribution in [0.25, 0.3) is 0 Å². The number of rotatable bonds is 5. The standard InChI is InChI=1S/C23H32F3N3O/c1-16-6-9-28(10-7-16)14-19-15-29-11-8-18(19)12-21(29)13-27-22(30)17-2-4-20(5-3-17)23(24,25)26/h2-5,16,18-19,21H,6-15H2,1H3,(H,27,30)/t18-,19+,21+/m0/s1. The average molecular weight is 424 g/mol. The molecule has 7 heteroatoms. The average Bonchev–Trinajstić information content (AvgIpc) is 2.74. The molecule has 4 heterocycles. The van der Waals surface area contributed by atoms with Gasteiger partial charge in [-0.15, -0.1) is 0 Å². The molecule has 166 valence electrons. The third-order valence-electron chi connectivity index (χ3n) is 7.36. The summed E-state index contributed by atoms with van der Waals surface area (Å²) in [6, 6.07) is 4.77. The number of amides is 1. The van der Waals surface area contributed by atoms with Crippen molar-refractivity contribution in [1.29, 1.82) is 0 Å². The van der Waals surface area contributed by atoms with Gasteiger partial charge in [0.1, 0.15) is 0 Å². The molecule has 0 spiro atoms. The fourth-order valence-electron chi connectivity index (χ4n) is 5.37. The Bertz CT molecular complexity index is 728. The summed E-state index contributed by atoms with van der Waals surface area (Å²) >= 11 is 0. The highest BCUT2D eigenvalue weighted by Gasteiger charge is 2.40. The molecule has 0 aliphatic carbocycles. The van der Waals surface area contributed by atoms with Crippen molar-refractivity contribution in [3.8, 4) is 0 Å². The minimum Gasteiger partial charge on any atom is -0.350 e. The van der Waals surface area contributed by atoms with Crippen LogP contribution in [0.3, 0.4) is 0 Å². The Morgan fingerprint density at radius 3 is 2.40 bits per heavy atom. The van der Waals surface area contributed by atoms with Crippen molar-refractivity contribution in [2.45, 2.75) is 44.8 Å². The van der Waals surface area contributed by atoms with Gasteiger partial charge in [0.2, 0.25) is 0 Å². The molecule has 4 atom stereocenters. The van der Waals surface area contributed by atoms with E-state index < -0.39 is 11.7 Å². The van der Waals surface area contributed by atoms with Crippen LogP contribution < -0.4 is 5.32 Å². The number of hydrogen-bond donors (Lipinski definition) is 1. The number of halogens is 3. The summed E-state index contributed by atoms with van der Waals surface area (Å²) in [5.41, 5.74) is -0.458. The second-order valence-electron chi connectivity index (χ2n) is 9.46. The van der Waals surface area contributed by atoms with Gasteiger partial charge in [0.15, 0.2) is 0 Å². The number of likely N-dealkylation sites (tertiary alicyclic amines) is 1. The van der Waals surface area contributed by atoms with Crippen LogP contribution in [0.2, 0.25) is 0 Å². The molecule has 2 bridgehead atoms. The highest BCUT2D eigenvalue weighted by molar-refractivity contribution is 5.94. The van der Waals surface area contributed by atoms with E-state index in [0.29, 0.717) is 24.4 Å². The molecule has 4 nitrogen and oxygen atoms in total. The molecule has 1 unspecified atom stereocenters. The minimum absolute atomic E-state index is 0.274. The molecule has 1 amide bonds. The van der Waals surface area contributed by atoms with Crippen molar-refractivity contribution in [1.82, 2.24) is 15.1 Å². The van der Waals surface area contributed by atoms with E-state index in [1.165, 1.54) is 51.0 Å². The van der Waals surface area contributed by atoms with Gasteiger partial charge in [0.05, 0.1) is 5.56 Å². The zero-order valence-electron chi connectivity index (χ0n) is 17.6. The number of nitrogens with one attached hydrogen (secondary N) is 1. The van der Waals surface area contributed by atoms with E-state index in [1.54, 1.807) is 0 Å². The third kappa shape index (κ3) is 4.99. The van der Waals surface area contributed by atoms with E-state index in [9.17, 15) is 18.0 Å². The SMILES string of the molecule is CC1CCN(C[C@@H]2CN3CC[C@H]2C[C@@H]3CNC(=O)c2ccc(C(F)(F)F)cc2)CC1. The van der Waals surface area contributed by atoms with Crippen molar-refractivity contribution >= 4 is 5.91 Å². The molecule has 1 aromatic rings. The van der Waals surface area contributed by atoms with Crippen molar-refractivity contribution in [2.24, 2.45) is 17.8 Å². The van der Waals surface area contributed by atoms with Crippen LogP contribution in [0.5, 0.6) is 0 Å². The molecule has 4 aliphatic rings. The molecule has 5 rings (SSSR count). The van der Waals surface area contributed by atoms with Crippen LogP contribution in [0, 0.1) is 17.8 Å². The van der Waals surface area contributed by atoms with Crippen LogP contribution in [0.15, 0.2) is 24.3 Å². The van der Waals surface area contributed by atoms with Crippen molar-refractivity contribution < 1.29 is 18.0 Å². The van der Waals surface area contributed by atoms with E-state index in [0.717, 1.165) is 37.6 Å². The Morgan fingerprint density at radius 1 is 1.10 bits per heavy atom. The zero-order valence-corrected chi connectivity index (χ0v) is 17.6. The van der Waals surface area contributed by atoms with Crippen LogP contribution in [0.1, 0.15) is 48.5 Å². The lowest BCUT2D eigenvalue weighted by atomic mass is 9.75. The van der Waals surface area contributed by atoms with Crippen LogP contribution in [-0.4, -0.2) is 61.0 Å². The minimum atomic E-state index is -4.38. The number of nitrogens with zero attached hydrogens (tertiary/aromatic N) is 2. The Labute approximate surface area is 176 Å². The van der Waals surface area contributed by atoms with Gasteiger partial charge in [-0.3, -0.25) is 9.69 Å². The zero-order chi connectivity index (χ0) is 21.3. The molecule has 1 N–H and O–H groups in total. The molecule has 30 heavy (non-hydrogen) atoms. The maximum Gasteiger partial charge on any atom is 0.416 e. The van der Waals surface area contributed by atoms with Crippen molar-refractivity contribution in [3.05, 3.63) is 35.4 Å². The topological polar surface area (TPSA) is 35.6 Å². The van der Waals surface area contributed by atoms with Gasteiger partial charge in [-0.05, 0) is 87.3 Å². The number of carbonyl (C=O) groups excluding carboxylic acids is 1. The normalized spacial score (nSPS) is 30.4. The lowest BCUT2D eigenvalue weighted by Crippen LogP contribution is -2.58.